The van der Waals surface area contributed by atoms with Crippen LogP contribution in [-0.4, -0.2) is 28.0 Å². The molecule has 0 saturated carbocycles. The molecule has 0 bridgehead atoms. The number of carbonyl (C=O) groups excluding carboxylic acids is 1. The lowest BCUT2D eigenvalue weighted by molar-refractivity contribution is -0.139. The fourth-order valence-corrected chi connectivity index (χ4v) is 3.33. The molecule has 2 aromatic carbocycles. The summed E-state index contributed by atoms with van der Waals surface area (Å²) >= 11 is 0. The van der Waals surface area contributed by atoms with Gasteiger partial charge in [-0.05, 0) is 30.5 Å². The highest BCUT2D eigenvalue weighted by atomic mass is 16.5. The van der Waals surface area contributed by atoms with Gasteiger partial charge in [0.2, 0.25) is 0 Å². The van der Waals surface area contributed by atoms with Crippen LogP contribution in [0.25, 0.3) is 0 Å². The van der Waals surface area contributed by atoms with Crippen molar-refractivity contribution in [3.63, 3.8) is 0 Å². The van der Waals surface area contributed by atoms with Crippen LogP contribution in [0.15, 0.2) is 54.6 Å². The number of hydrogen-bond donors (Lipinski definition) is 1. The minimum Gasteiger partial charge on any atom is -0.469 e. The molecule has 0 saturated heterocycles. The summed E-state index contributed by atoms with van der Waals surface area (Å²) in [5.74, 6) is -0.262. The summed E-state index contributed by atoms with van der Waals surface area (Å²) in [5.41, 5.74) is 5.83. The van der Waals surface area contributed by atoms with E-state index >= 15 is 0 Å². The zero-order valence-electron chi connectivity index (χ0n) is 16.6. The standard InChI is InChI=1S/C23H26N2O3/c1-16-21(14-23(27)28-3)17(2)25(24-16)15-19-9-11-20(12-10-19)22(26)13-18-7-5-4-6-8-18/h4-12,22,26H,13-15H2,1-3H3. The lowest BCUT2D eigenvalue weighted by Crippen LogP contribution is -2.08. The number of methoxy groups -OCH3 is 1. The fourth-order valence-electron chi connectivity index (χ4n) is 3.33. The Hall–Kier alpha value is -2.92. The highest BCUT2D eigenvalue weighted by Gasteiger charge is 2.15. The number of aliphatic hydroxyl groups excluding tert-OH is 1. The van der Waals surface area contributed by atoms with Crippen molar-refractivity contribution >= 4 is 5.97 Å². The zero-order valence-corrected chi connectivity index (χ0v) is 16.6. The molecule has 0 fully saturated rings. The van der Waals surface area contributed by atoms with Crippen LogP contribution in [0, 0.1) is 13.8 Å². The van der Waals surface area contributed by atoms with Crippen LogP contribution in [0.3, 0.4) is 0 Å². The van der Waals surface area contributed by atoms with E-state index in [1.54, 1.807) is 0 Å². The maximum absolute atomic E-state index is 11.6. The first-order chi connectivity index (χ1) is 13.5. The number of benzene rings is 2. The number of hydrogen-bond acceptors (Lipinski definition) is 4. The molecule has 0 aliphatic carbocycles. The summed E-state index contributed by atoms with van der Waals surface area (Å²) in [5, 5.41) is 15.1. The van der Waals surface area contributed by atoms with Crippen molar-refractivity contribution in [3.05, 3.63) is 88.2 Å². The molecule has 0 radical (unpaired) electrons. The van der Waals surface area contributed by atoms with Gasteiger partial charge in [0.25, 0.3) is 0 Å². The summed E-state index contributed by atoms with van der Waals surface area (Å²) in [6, 6.07) is 17.9. The van der Waals surface area contributed by atoms with Gasteiger partial charge in [-0.1, -0.05) is 54.6 Å². The summed E-state index contributed by atoms with van der Waals surface area (Å²) in [4.78, 5) is 11.6. The van der Waals surface area contributed by atoms with E-state index in [0.717, 1.165) is 33.6 Å². The molecule has 0 aliphatic rings. The number of aryl methyl sites for hydroxylation is 1. The molecule has 1 atom stereocenters. The molecule has 1 unspecified atom stereocenters. The van der Waals surface area contributed by atoms with E-state index in [1.165, 1.54) is 7.11 Å². The van der Waals surface area contributed by atoms with Crippen molar-refractivity contribution < 1.29 is 14.6 Å². The van der Waals surface area contributed by atoms with Crippen molar-refractivity contribution in [1.29, 1.82) is 0 Å². The number of aliphatic hydroxyl groups is 1. The third kappa shape index (κ3) is 4.67. The first kappa shape index (κ1) is 19.8. The van der Waals surface area contributed by atoms with Crippen molar-refractivity contribution in [2.75, 3.05) is 7.11 Å². The van der Waals surface area contributed by atoms with Crippen molar-refractivity contribution in [1.82, 2.24) is 9.78 Å². The van der Waals surface area contributed by atoms with E-state index in [2.05, 4.69) is 5.10 Å². The molecule has 1 aromatic heterocycles. The Morgan fingerprint density at radius 2 is 1.75 bits per heavy atom. The Morgan fingerprint density at radius 1 is 1.07 bits per heavy atom. The second-order valence-electron chi connectivity index (χ2n) is 7.01. The van der Waals surface area contributed by atoms with Gasteiger partial charge in [-0.2, -0.15) is 5.10 Å². The Balaban J connectivity index is 1.69. The largest absolute Gasteiger partial charge is 0.469 e. The predicted molar refractivity (Wildman–Crippen MR) is 108 cm³/mol. The minimum absolute atomic E-state index is 0.235. The van der Waals surface area contributed by atoms with Crippen molar-refractivity contribution in [3.8, 4) is 0 Å². The second kappa shape index (κ2) is 8.85. The third-order valence-corrected chi connectivity index (χ3v) is 5.05. The summed E-state index contributed by atoms with van der Waals surface area (Å²) in [7, 11) is 1.39. The quantitative estimate of drug-likeness (QED) is 0.639. The van der Waals surface area contributed by atoms with Crippen LogP contribution in [-0.2, 0) is 28.9 Å². The van der Waals surface area contributed by atoms with Gasteiger partial charge in [-0.25, -0.2) is 0 Å². The van der Waals surface area contributed by atoms with E-state index in [9.17, 15) is 9.90 Å². The Morgan fingerprint density at radius 3 is 2.39 bits per heavy atom. The molecule has 28 heavy (non-hydrogen) atoms. The molecule has 1 N–H and O–H groups in total. The number of ether oxygens (including phenoxy) is 1. The van der Waals surface area contributed by atoms with E-state index in [-0.39, 0.29) is 12.4 Å². The van der Waals surface area contributed by atoms with E-state index in [0.29, 0.717) is 13.0 Å². The molecule has 3 rings (SSSR count). The summed E-state index contributed by atoms with van der Waals surface area (Å²) in [6.07, 6.45) is 0.296. The third-order valence-electron chi connectivity index (χ3n) is 5.05. The zero-order chi connectivity index (χ0) is 20.1. The number of nitrogens with zero attached hydrogens (tertiary/aromatic N) is 2. The molecule has 1 heterocycles. The maximum Gasteiger partial charge on any atom is 0.310 e. The summed E-state index contributed by atoms with van der Waals surface area (Å²) in [6.45, 7) is 4.49. The minimum atomic E-state index is -0.531. The van der Waals surface area contributed by atoms with Crippen LogP contribution in [0.2, 0.25) is 0 Å². The predicted octanol–water partition coefficient (Wildman–Crippen LogP) is 3.54. The van der Waals surface area contributed by atoms with Crippen LogP contribution in [0.5, 0.6) is 0 Å². The Kier molecular flexibility index (Phi) is 6.26. The molecule has 5 nitrogen and oxygen atoms in total. The topological polar surface area (TPSA) is 64.3 Å². The van der Waals surface area contributed by atoms with Crippen LogP contribution < -0.4 is 0 Å². The SMILES string of the molecule is COC(=O)Cc1c(C)nn(Cc2ccc(C(O)Cc3ccccc3)cc2)c1C. The van der Waals surface area contributed by atoms with E-state index in [1.807, 2.05) is 73.1 Å². The van der Waals surface area contributed by atoms with Crippen molar-refractivity contribution in [2.24, 2.45) is 0 Å². The van der Waals surface area contributed by atoms with Crippen LogP contribution in [0.1, 0.15) is 39.7 Å². The van der Waals surface area contributed by atoms with Crippen LogP contribution in [0.4, 0.5) is 0 Å². The number of rotatable bonds is 7. The maximum atomic E-state index is 11.6. The van der Waals surface area contributed by atoms with Gasteiger partial charge in [0.15, 0.2) is 0 Å². The molecular formula is C23H26N2O3. The summed E-state index contributed by atoms with van der Waals surface area (Å²) < 4.78 is 6.68. The average Bonchev–Trinajstić information content (AvgIpc) is 2.96. The van der Waals surface area contributed by atoms with E-state index < -0.39 is 6.10 Å². The van der Waals surface area contributed by atoms with Gasteiger partial charge < -0.3 is 9.84 Å². The molecule has 3 aromatic rings. The average molecular weight is 378 g/mol. The Bertz CT molecular complexity index is 930. The van der Waals surface area contributed by atoms with E-state index in [4.69, 9.17) is 4.74 Å². The van der Waals surface area contributed by atoms with Crippen LogP contribution >= 0.6 is 0 Å². The monoisotopic (exact) mass is 378 g/mol. The molecular weight excluding hydrogens is 352 g/mol. The fraction of sp³-hybridized carbons (Fsp3) is 0.304. The highest BCUT2D eigenvalue weighted by Crippen LogP contribution is 2.20. The molecule has 0 amide bonds. The van der Waals surface area contributed by atoms with Gasteiger partial charge >= 0.3 is 5.97 Å². The van der Waals surface area contributed by atoms with Gasteiger partial charge in [-0.3, -0.25) is 9.48 Å². The number of carbonyl (C=O) groups is 1. The molecule has 146 valence electrons. The first-order valence-electron chi connectivity index (χ1n) is 9.38. The van der Waals surface area contributed by atoms with Gasteiger partial charge in [0, 0.05) is 17.7 Å². The Labute approximate surface area is 165 Å². The first-order valence-corrected chi connectivity index (χ1v) is 9.38. The lowest BCUT2D eigenvalue weighted by Gasteiger charge is -2.12. The smallest absolute Gasteiger partial charge is 0.310 e. The molecule has 0 spiro atoms. The van der Waals surface area contributed by atoms with Gasteiger partial charge in [-0.15, -0.1) is 0 Å². The van der Waals surface area contributed by atoms with Gasteiger partial charge in [0.1, 0.15) is 0 Å². The normalized spacial score (nSPS) is 12.0. The molecule has 0 aliphatic heterocycles. The highest BCUT2D eigenvalue weighted by molar-refractivity contribution is 5.73. The number of esters is 1. The van der Waals surface area contributed by atoms with Gasteiger partial charge in [0.05, 0.1) is 31.9 Å². The second-order valence-corrected chi connectivity index (χ2v) is 7.01. The number of aromatic nitrogens is 2. The van der Waals surface area contributed by atoms with Crippen molar-refractivity contribution in [2.45, 2.75) is 39.3 Å². The molecule has 5 heteroatoms. The lowest BCUT2D eigenvalue weighted by atomic mass is 10.0.